The van der Waals surface area contributed by atoms with E-state index in [1.54, 1.807) is 11.8 Å². The maximum absolute atomic E-state index is 12.8. The van der Waals surface area contributed by atoms with Gasteiger partial charge in [-0.15, -0.1) is 0 Å². The molecular formula is C26H19ClN2O2S. The van der Waals surface area contributed by atoms with Crippen LogP contribution in [0.1, 0.15) is 33.0 Å². The topological polar surface area (TPSA) is 54.6 Å². The van der Waals surface area contributed by atoms with Crippen molar-refractivity contribution in [3.63, 3.8) is 0 Å². The van der Waals surface area contributed by atoms with Gasteiger partial charge in [0.1, 0.15) is 11.5 Å². The minimum absolute atomic E-state index is 0.170. The number of nitrogens with one attached hydrogen (secondary N) is 1. The molecule has 2 heterocycles. The van der Waals surface area contributed by atoms with Crippen molar-refractivity contribution >= 4 is 40.7 Å². The van der Waals surface area contributed by atoms with Gasteiger partial charge in [-0.3, -0.25) is 4.79 Å². The molecule has 0 bridgehead atoms. The third-order valence-electron chi connectivity index (χ3n) is 5.15. The molecule has 1 aliphatic rings. The molecular weight excluding hydrogens is 440 g/mol. The van der Waals surface area contributed by atoms with Gasteiger partial charge in [0.25, 0.3) is 5.91 Å². The Morgan fingerprint density at radius 1 is 1.00 bits per heavy atom. The van der Waals surface area contributed by atoms with E-state index in [1.165, 1.54) is 0 Å². The van der Waals surface area contributed by atoms with Crippen molar-refractivity contribution in [3.05, 3.63) is 112 Å². The number of halogens is 1. The summed E-state index contributed by atoms with van der Waals surface area (Å²) in [7, 11) is 0. The first-order chi connectivity index (χ1) is 15.6. The average molecular weight is 459 g/mol. The second-order valence-electron chi connectivity index (χ2n) is 7.44. The Morgan fingerprint density at radius 2 is 1.81 bits per heavy atom. The van der Waals surface area contributed by atoms with Crippen LogP contribution < -0.4 is 5.32 Å². The van der Waals surface area contributed by atoms with Crippen LogP contribution in [0.3, 0.4) is 0 Å². The largest absolute Gasteiger partial charge is 0.465 e. The molecule has 1 aliphatic heterocycles. The van der Waals surface area contributed by atoms with E-state index in [9.17, 15) is 4.79 Å². The number of rotatable bonds is 4. The number of carbonyl (C=O) groups excluding carboxylic acids is 1. The number of aryl methyl sites for hydroxylation is 1. The fraction of sp³-hybridized carbons (Fsp3) is 0.0769. The number of amides is 1. The predicted octanol–water partition coefficient (Wildman–Crippen LogP) is 6.81. The van der Waals surface area contributed by atoms with E-state index in [0.29, 0.717) is 17.1 Å². The summed E-state index contributed by atoms with van der Waals surface area (Å²) in [5.41, 5.74) is 4.19. The molecule has 32 heavy (non-hydrogen) atoms. The lowest BCUT2D eigenvalue weighted by atomic mass is 10.0. The van der Waals surface area contributed by atoms with E-state index in [0.717, 1.165) is 43.8 Å². The number of nitrogens with zero attached hydrogens (tertiary/aromatic N) is 1. The summed E-state index contributed by atoms with van der Waals surface area (Å²) in [4.78, 5) is 19.9. The molecule has 6 heteroatoms. The van der Waals surface area contributed by atoms with Crippen molar-refractivity contribution in [1.29, 1.82) is 0 Å². The van der Waals surface area contributed by atoms with Crippen molar-refractivity contribution in [2.45, 2.75) is 23.3 Å². The van der Waals surface area contributed by atoms with Gasteiger partial charge in [-0.25, -0.2) is 4.99 Å². The molecule has 0 atom stereocenters. The van der Waals surface area contributed by atoms with E-state index in [4.69, 9.17) is 21.0 Å². The third kappa shape index (κ3) is 4.22. The maximum Gasteiger partial charge on any atom is 0.251 e. The summed E-state index contributed by atoms with van der Waals surface area (Å²) >= 11 is 7.75. The highest BCUT2D eigenvalue weighted by atomic mass is 35.5. The average Bonchev–Trinajstić information content (AvgIpc) is 3.15. The van der Waals surface area contributed by atoms with Gasteiger partial charge in [-0.1, -0.05) is 53.7 Å². The lowest BCUT2D eigenvalue weighted by Crippen LogP contribution is -2.22. The van der Waals surface area contributed by atoms with Crippen LogP contribution in [0.2, 0.25) is 5.02 Å². The van der Waals surface area contributed by atoms with Gasteiger partial charge in [-0.2, -0.15) is 0 Å². The fourth-order valence-corrected chi connectivity index (χ4v) is 4.69. The number of benzene rings is 3. The molecule has 5 rings (SSSR count). The fourth-order valence-electron chi connectivity index (χ4n) is 3.56. The van der Waals surface area contributed by atoms with Crippen molar-refractivity contribution in [2.24, 2.45) is 4.99 Å². The molecule has 0 fully saturated rings. The first-order valence-electron chi connectivity index (χ1n) is 10.2. The standard InChI is InChI=1S/C26H19ClN2O2S/c1-16-6-12-20(31-16)15-28-26(30)18-9-13-24-22(14-18)29-25(17-7-10-19(27)11-8-17)21-4-2-3-5-23(21)32-24/h2-14H,15H2,1H3,(H,28,30). The Morgan fingerprint density at radius 3 is 2.59 bits per heavy atom. The van der Waals surface area contributed by atoms with E-state index < -0.39 is 0 Å². The van der Waals surface area contributed by atoms with E-state index in [-0.39, 0.29) is 5.91 Å². The number of hydrogen-bond donors (Lipinski definition) is 1. The van der Waals surface area contributed by atoms with Gasteiger partial charge in [-0.05, 0) is 55.5 Å². The summed E-state index contributed by atoms with van der Waals surface area (Å²) in [5.74, 6) is 1.37. The second-order valence-corrected chi connectivity index (χ2v) is 8.96. The molecule has 0 spiro atoms. The molecule has 0 aliphatic carbocycles. The van der Waals surface area contributed by atoms with Crippen molar-refractivity contribution < 1.29 is 9.21 Å². The molecule has 4 aromatic rings. The minimum atomic E-state index is -0.170. The number of aliphatic imine (C=N–C) groups is 1. The summed E-state index contributed by atoms with van der Waals surface area (Å²) < 4.78 is 5.53. The maximum atomic E-state index is 12.8. The molecule has 158 valence electrons. The molecule has 3 aromatic carbocycles. The second kappa shape index (κ2) is 8.69. The lowest BCUT2D eigenvalue weighted by molar-refractivity contribution is 0.0948. The first-order valence-corrected chi connectivity index (χ1v) is 11.4. The SMILES string of the molecule is Cc1ccc(CNC(=O)c2ccc3c(c2)N=C(c2ccc(Cl)cc2)c2ccccc2S3)o1. The zero-order valence-electron chi connectivity index (χ0n) is 17.3. The summed E-state index contributed by atoms with van der Waals surface area (Å²) in [6, 6.07) is 25.2. The molecule has 0 radical (unpaired) electrons. The first kappa shape index (κ1) is 20.6. The smallest absolute Gasteiger partial charge is 0.251 e. The predicted molar refractivity (Wildman–Crippen MR) is 128 cm³/mol. The van der Waals surface area contributed by atoms with Gasteiger partial charge in [0, 0.05) is 31.5 Å². The third-order valence-corrected chi connectivity index (χ3v) is 6.55. The van der Waals surface area contributed by atoms with Crippen LogP contribution in [0.25, 0.3) is 0 Å². The number of carbonyl (C=O) groups is 1. The molecule has 1 aromatic heterocycles. The van der Waals surface area contributed by atoms with Crippen molar-refractivity contribution in [1.82, 2.24) is 5.32 Å². The molecule has 4 nitrogen and oxygen atoms in total. The Kier molecular flexibility index (Phi) is 5.60. The van der Waals surface area contributed by atoms with Crippen LogP contribution in [0, 0.1) is 6.92 Å². The highest BCUT2D eigenvalue weighted by molar-refractivity contribution is 7.99. The molecule has 0 saturated carbocycles. The van der Waals surface area contributed by atoms with Gasteiger partial charge < -0.3 is 9.73 Å². The zero-order valence-corrected chi connectivity index (χ0v) is 18.8. The molecule has 0 unspecified atom stereocenters. The Labute approximate surface area is 195 Å². The van der Waals surface area contributed by atoms with Gasteiger partial charge in [0.15, 0.2) is 0 Å². The van der Waals surface area contributed by atoms with E-state index in [2.05, 4.69) is 17.4 Å². The number of hydrogen-bond acceptors (Lipinski definition) is 4. The monoisotopic (exact) mass is 458 g/mol. The van der Waals surface area contributed by atoms with Gasteiger partial charge in [0.2, 0.25) is 0 Å². The molecule has 1 amide bonds. The van der Waals surface area contributed by atoms with E-state index >= 15 is 0 Å². The zero-order chi connectivity index (χ0) is 22.1. The van der Waals surface area contributed by atoms with E-state index in [1.807, 2.05) is 73.7 Å². The van der Waals surface area contributed by atoms with Crippen LogP contribution in [0.5, 0.6) is 0 Å². The highest BCUT2D eigenvalue weighted by Crippen LogP contribution is 2.41. The molecule has 0 saturated heterocycles. The Bertz CT molecular complexity index is 1340. The summed E-state index contributed by atoms with van der Waals surface area (Å²) in [6.45, 7) is 2.22. The van der Waals surface area contributed by atoms with Crippen LogP contribution >= 0.6 is 23.4 Å². The van der Waals surface area contributed by atoms with Crippen LogP contribution in [-0.2, 0) is 6.54 Å². The Hall–Kier alpha value is -3.28. The lowest BCUT2D eigenvalue weighted by Gasteiger charge is -2.09. The normalized spacial score (nSPS) is 12.4. The van der Waals surface area contributed by atoms with Crippen LogP contribution in [-0.4, -0.2) is 11.6 Å². The van der Waals surface area contributed by atoms with Crippen molar-refractivity contribution in [2.75, 3.05) is 0 Å². The number of furan rings is 1. The molecule has 1 N–H and O–H groups in total. The Balaban J connectivity index is 1.51. The quantitative estimate of drug-likeness (QED) is 0.322. The van der Waals surface area contributed by atoms with Gasteiger partial charge in [0.05, 0.1) is 17.9 Å². The summed E-state index contributed by atoms with van der Waals surface area (Å²) in [6.07, 6.45) is 0. The minimum Gasteiger partial charge on any atom is -0.465 e. The van der Waals surface area contributed by atoms with Gasteiger partial charge >= 0.3 is 0 Å². The number of fused-ring (bicyclic) bond motifs is 2. The summed E-state index contributed by atoms with van der Waals surface area (Å²) in [5, 5.41) is 3.59. The van der Waals surface area contributed by atoms with Crippen LogP contribution in [0.4, 0.5) is 5.69 Å². The van der Waals surface area contributed by atoms with Crippen molar-refractivity contribution in [3.8, 4) is 0 Å². The highest BCUT2D eigenvalue weighted by Gasteiger charge is 2.20. The van der Waals surface area contributed by atoms with Crippen LogP contribution in [0.15, 0.2) is 98.1 Å².